The highest BCUT2D eigenvalue weighted by molar-refractivity contribution is 9.10. The zero-order chi connectivity index (χ0) is 14.8. The first-order chi connectivity index (χ1) is 8.62. The summed E-state index contributed by atoms with van der Waals surface area (Å²) in [7, 11) is -4.11. The number of sulfonamides is 1. The molecule has 19 heavy (non-hydrogen) atoms. The lowest BCUT2D eigenvalue weighted by atomic mass is 10.2. The van der Waals surface area contributed by atoms with E-state index in [4.69, 9.17) is 5.14 Å². The van der Waals surface area contributed by atoms with E-state index in [9.17, 15) is 17.6 Å². The molecule has 0 saturated heterocycles. The Morgan fingerprint density at radius 2 is 2.05 bits per heavy atom. The van der Waals surface area contributed by atoms with Crippen molar-refractivity contribution >= 4 is 31.9 Å². The number of benzene rings is 1. The maximum atomic E-state index is 13.6. The summed E-state index contributed by atoms with van der Waals surface area (Å²) in [6, 6.07) is 1.99. The first kappa shape index (κ1) is 16.1. The molecule has 0 aliphatic heterocycles. The summed E-state index contributed by atoms with van der Waals surface area (Å²) < 4.78 is 35.9. The van der Waals surface area contributed by atoms with E-state index in [1.165, 1.54) is 0 Å². The molecule has 0 heterocycles. The number of nitrogens with two attached hydrogens (primary N) is 1. The topological polar surface area (TPSA) is 89.3 Å². The molecule has 5 nitrogen and oxygen atoms in total. The molecule has 0 spiro atoms. The molecule has 106 valence electrons. The Balaban J connectivity index is 3.18. The van der Waals surface area contributed by atoms with Crippen molar-refractivity contribution in [2.24, 2.45) is 11.1 Å². The van der Waals surface area contributed by atoms with Gasteiger partial charge in [-0.3, -0.25) is 4.79 Å². The van der Waals surface area contributed by atoms with Crippen molar-refractivity contribution in [3.8, 4) is 0 Å². The van der Waals surface area contributed by atoms with Crippen molar-refractivity contribution in [3.63, 3.8) is 0 Å². The van der Waals surface area contributed by atoms with Gasteiger partial charge in [0.2, 0.25) is 10.0 Å². The number of amides is 1. The van der Waals surface area contributed by atoms with Crippen LogP contribution < -0.4 is 10.5 Å². The molecule has 0 bridgehead atoms. The second kappa shape index (κ2) is 5.98. The molecule has 1 aromatic carbocycles. The molecule has 0 atom stereocenters. The Morgan fingerprint density at radius 3 is 2.53 bits per heavy atom. The Bertz CT molecular complexity index is 602. The van der Waals surface area contributed by atoms with E-state index in [0.717, 1.165) is 12.1 Å². The molecule has 8 heteroatoms. The smallest absolute Gasteiger partial charge is 0.251 e. The van der Waals surface area contributed by atoms with Crippen LogP contribution in [0.2, 0.25) is 0 Å². The predicted molar refractivity (Wildman–Crippen MR) is 72.6 cm³/mol. The van der Waals surface area contributed by atoms with Crippen LogP contribution in [0.25, 0.3) is 0 Å². The second-order valence-corrected chi connectivity index (χ2v) is 6.74. The Kier molecular flexibility index (Phi) is 5.05. The standard InChI is InChI=1S/C11H14BrFN2O3S/c1-6(2)5-15-11(16)7-3-8(13)10(12)9(4-7)19(14,17)18/h3-4,6H,5H2,1-2H3,(H,15,16)(H2,14,17,18). The summed E-state index contributed by atoms with van der Waals surface area (Å²) in [4.78, 5) is 11.3. The molecule has 0 saturated carbocycles. The van der Waals surface area contributed by atoms with E-state index in [1.54, 1.807) is 0 Å². The van der Waals surface area contributed by atoms with Crippen LogP contribution >= 0.6 is 15.9 Å². The number of nitrogens with one attached hydrogen (secondary N) is 1. The average Bonchev–Trinajstić information content (AvgIpc) is 2.27. The van der Waals surface area contributed by atoms with E-state index in [1.807, 2.05) is 13.8 Å². The summed E-state index contributed by atoms with van der Waals surface area (Å²) >= 11 is 2.80. The van der Waals surface area contributed by atoms with E-state index in [-0.39, 0.29) is 16.0 Å². The number of carbonyl (C=O) groups excluding carboxylic acids is 1. The zero-order valence-electron chi connectivity index (χ0n) is 10.4. The monoisotopic (exact) mass is 352 g/mol. The van der Waals surface area contributed by atoms with Gasteiger partial charge in [-0.2, -0.15) is 0 Å². The molecule has 0 radical (unpaired) electrons. The van der Waals surface area contributed by atoms with Crippen LogP contribution in [0.5, 0.6) is 0 Å². The summed E-state index contributed by atoms with van der Waals surface area (Å²) in [6.45, 7) is 4.21. The van der Waals surface area contributed by atoms with Gasteiger partial charge in [-0.05, 0) is 34.0 Å². The van der Waals surface area contributed by atoms with Gasteiger partial charge in [0.1, 0.15) is 5.82 Å². The van der Waals surface area contributed by atoms with Gasteiger partial charge in [-0.1, -0.05) is 13.8 Å². The summed E-state index contributed by atoms with van der Waals surface area (Å²) in [5.74, 6) is -1.19. The Morgan fingerprint density at radius 1 is 1.47 bits per heavy atom. The fourth-order valence-corrected chi connectivity index (χ4v) is 2.85. The van der Waals surface area contributed by atoms with Crippen LogP contribution in [0.15, 0.2) is 21.5 Å². The molecule has 0 fully saturated rings. The van der Waals surface area contributed by atoms with Crippen molar-refractivity contribution < 1.29 is 17.6 Å². The van der Waals surface area contributed by atoms with Gasteiger partial charge in [-0.15, -0.1) is 0 Å². The SMILES string of the molecule is CC(C)CNC(=O)c1cc(F)c(Br)c(S(N)(=O)=O)c1. The molecular formula is C11H14BrFN2O3S. The fourth-order valence-electron chi connectivity index (χ4n) is 1.30. The maximum Gasteiger partial charge on any atom is 0.251 e. The molecule has 1 rings (SSSR count). The third-order valence-corrected chi connectivity index (χ3v) is 4.24. The van der Waals surface area contributed by atoms with E-state index in [0.29, 0.717) is 6.54 Å². The number of halogens is 2. The minimum Gasteiger partial charge on any atom is -0.352 e. The molecule has 0 aliphatic rings. The molecule has 0 aliphatic carbocycles. The highest BCUT2D eigenvalue weighted by Crippen LogP contribution is 2.25. The quantitative estimate of drug-likeness (QED) is 0.862. The number of primary sulfonamides is 1. The van der Waals surface area contributed by atoms with Crippen LogP contribution in [0.3, 0.4) is 0 Å². The molecule has 0 aromatic heterocycles. The maximum absolute atomic E-state index is 13.6. The normalized spacial score (nSPS) is 11.7. The van der Waals surface area contributed by atoms with Gasteiger partial charge in [0.15, 0.2) is 0 Å². The average molecular weight is 353 g/mol. The minimum absolute atomic E-state index is 0.0922. The summed E-state index contributed by atoms with van der Waals surface area (Å²) in [6.07, 6.45) is 0. The number of hydrogen-bond acceptors (Lipinski definition) is 3. The lowest BCUT2D eigenvalue weighted by Gasteiger charge is -2.10. The summed E-state index contributed by atoms with van der Waals surface area (Å²) in [5.41, 5.74) is -0.0922. The predicted octanol–water partition coefficient (Wildman–Crippen LogP) is 1.62. The first-order valence-corrected chi connectivity index (χ1v) is 7.77. The van der Waals surface area contributed by atoms with E-state index >= 15 is 0 Å². The van der Waals surface area contributed by atoms with Crippen molar-refractivity contribution in [2.75, 3.05) is 6.54 Å². The summed E-state index contributed by atoms with van der Waals surface area (Å²) in [5, 5.41) is 7.53. The first-order valence-electron chi connectivity index (χ1n) is 5.43. The third kappa shape index (κ3) is 4.26. The van der Waals surface area contributed by atoms with Crippen LogP contribution in [-0.4, -0.2) is 20.9 Å². The van der Waals surface area contributed by atoms with Gasteiger partial charge in [0, 0.05) is 12.1 Å². The third-order valence-electron chi connectivity index (χ3n) is 2.23. The number of rotatable bonds is 4. The molecule has 1 amide bonds. The second-order valence-electron chi connectivity index (χ2n) is 4.42. The fraction of sp³-hybridized carbons (Fsp3) is 0.364. The van der Waals surface area contributed by atoms with Crippen molar-refractivity contribution in [1.29, 1.82) is 0 Å². The van der Waals surface area contributed by atoms with Crippen LogP contribution in [0.1, 0.15) is 24.2 Å². The van der Waals surface area contributed by atoms with Crippen LogP contribution in [0.4, 0.5) is 4.39 Å². The lowest BCUT2D eigenvalue weighted by Crippen LogP contribution is -2.27. The van der Waals surface area contributed by atoms with E-state index < -0.39 is 26.6 Å². The van der Waals surface area contributed by atoms with Gasteiger partial charge in [0.05, 0.1) is 9.37 Å². The molecule has 0 unspecified atom stereocenters. The minimum atomic E-state index is -4.11. The number of hydrogen-bond donors (Lipinski definition) is 2. The molecule has 3 N–H and O–H groups in total. The zero-order valence-corrected chi connectivity index (χ0v) is 12.8. The lowest BCUT2D eigenvalue weighted by molar-refractivity contribution is 0.0948. The Hall–Kier alpha value is -0.990. The largest absolute Gasteiger partial charge is 0.352 e. The van der Waals surface area contributed by atoms with Crippen LogP contribution in [0, 0.1) is 11.7 Å². The van der Waals surface area contributed by atoms with E-state index in [2.05, 4.69) is 21.2 Å². The van der Waals surface area contributed by atoms with Crippen molar-refractivity contribution in [1.82, 2.24) is 5.32 Å². The van der Waals surface area contributed by atoms with Crippen LogP contribution in [-0.2, 0) is 10.0 Å². The van der Waals surface area contributed by atoms with Gasteiger partial charge in [-0.25, -0.2) is 17.9 Å². The highest BCUT2D eigenvalue weighted by Gasteiger charge is 2.20. The van der Waals surface area contributed by atoms with Crippen molar-refractivity contribution in [2.45, 2.75) is 18.7 Å². The molecule has 1 aromatic rings. The number of carbonyl (C=O) groups is 1. The van der Waals surface area contributed by atoms with Gasteiger partial charge in [0.25, 0.3) is 5.91 Å². The van der Waals surface area contributed by atoms with Gasteiger partial charge >= 0.3 is 0 Å². The highest BCUT2D eigenvalue weighted by atomic mass is 79.9. The van der Waals surface area contributed by atoms with Gasteiger partial charge < -0.3 is 5.32 Å². The molecular weight excluding hydrogens is 339 g/mol. The van der Waals surface area contributed by atoms with Crippen molar-refractivity contribution in [3.05, 3.63) is 28.0 Å². The Labute approximate surface area is 119 Å².